The van der Waals surface area contributed by atoms with Gasteiger partial charge < -0.3 is 9.84 Å². The Labute approximate surface area is 102 Å². The standard InChI is InChI=1S/C12H9NO5/c1-18-9-3-2-7-5-10(12(14)15)11(13(16)17)6-8(7)4-9/h2-6H,1H3,(H,14,15). The normalized spacial score (nSPS) is 10.3. The molecule has 1 N–H and O–H groups in total. The van der Waals surface area contributed by atoms with Crippen LogP contribution in [0.1, 0.15) is 10.4 Å². The van der Waals surface area contributed by atoms with Gasteiger partial charge in [-0.25, -0.2) is 4.79 Å². The number of carbonyl (C=O) groups is 1. The predicted octanol–water partition coefficient (Wildman–Crippen LogP) is 2.45. The van der Waals surface area contributed by atoms with Crippen LogP contribution >= 0.6 is 0 Å². The van der Waals surface area contributed by atoms with Gasteiger partial charge in [-0.05, 0) is 29.0 Å². The Morgan fingerprint density at radius 2 is 2.00 bits per heavy atom. The Kier molecular flexibility index (Phi) is 2.85. The molecule has 0 saturated heterocycles. The number of methoxy groups -OCH3 is 1. The van der Waals surface area contributed by atoms with Crippen molar-refractivity contribution >= 4 is 22.4 Å². The molecule has 0 unspecified atom stereocenters. The fourth-order valence-electron chi connectivity index (χ4n) is 1.71. The minimum absolute atomic E-state index is 0.322. The maximum Gasteiger partial charge on any atom is 0.342 e. The van der Waals surface area contributed by atoms with Crippen LogP contribution < -0.4 is 4.74 Å². The molecule has 0 aliphatic rings. The van der Waals surface area contributed by atoms with Crippen LogP contribution in [0.15, 0.2) is 30.3 Å². The lowest BCUT2D eigenvalue weighted by Crippen LogP contribution is -2.02. The predicted molar refractivity (Wildman–Crippen MR) is 64.1 cm³/mol. The second-order valence-corrected chi connectivity index (χ2v) is 3.64. The fourth-order valence-corrected chi connectivity index (χ4v) is 1.71. The lowest BCUT2D eigenvalue weighted by molar-refractivity contribution is -0.385. The highest BCUT2D eigenvalue weighted by Crippen LogP contribution is 2.28. The summed E-state index contributed by atoms with van der Waals surface area (Å²) in [6, 6.07) is 7.47. The Balaban J connectivity index is 2.76. The van der Waals surface area contributed by atoms with E-state index in [1.165, 1.54) is 19.2 Å². The van der Waals surface area contributed by atoms with Crippen molar-refractivity contribution in [3.05, 3.63) is 46.0 Å². The van der Waals surface area contributed by atoms with Crippen molar-refractivity contribution in [2.45, 2.75) is 0 Å². The van der Waals surface area contributed by atoms with E-state index < -0.39 is 16.6 Å². The summed E-state index contributed by atoms with van der Waals surface area (Å²) in [4.78, 5) is 21.1. The Bertz CT molecular complexity index is 650. The van der Waals surface area contributed by atoms with Crippen LogP contribution in [0.2, 0.25) is 0 Å². The van der Waals surface area contributed by atoms with Gasteiger partial charge in [0.2, 0.25) is 0 Å². The number of nitro groups is 1. The number of fused-ring (bicyclic) bond motifs is 1. The third-order valence-electron chi connectivity index (χ3n) is 2.59. The van der Waals surface area contributed by atoms with Crippen LogP contribution in [-0.2, 0) is 0 Å². The zero-order chi connectivity index (χ0) is 13.3. The number of carboxylic acids is 1. The van der Waals surface area contributed by atoms with Crippen molar-refractivity contribution in [2.24, 2.45) is 0 Å². The van der Waals surface area contributed by atoms with Gasteiger partial charge in [-0.15, -0.1) is 0 Å². The van der Waals surface area contributed by atoms with Gasteiger partial charge in [0.05, 0.1) is 12.0 Å². The molecule has 2 aromatic carbocycles. The Morgan fingerprint density at radius 3 is 2.56 bits per heavy atom. The number of nitrogens with zero attached hydrogens (tertiary/aromatic N) is 1. The topological polar surface area (TPSA) is 89.7 Å². The number of carboxylic acid groups (broad SMARTS) is 1. The van der Waals surface area contributed by atoms with Gasteiger partial charge in [-0.2, -0.15) is 0 Å². The summed E-state index contributed by atoms with van der Waals surface area (Å²) in [5, 5.41) is 21.0. The van der Waals surface area contributed by atoms with E-state index in [9.17, 15) is 14.9 Å². The van der Waals surface area contributed by atoms with E-state index in [0.29, 0.717) is 16.5 Å². The molecule has 0 radical (unpaired) electrons. The van der Waals surface area contributed by atoms with E-state index in [1.54, 1.807) is 18.2 Å². The lowest BCUT2D eigenvalue weighted by Gasteiger charge is -2.04. The number of aromatic carboxylic acids is 1. The van der Waals surface area contributed by atoms with Crippen LogP contribution in [0.4, 0.5) is 5.69 Å². The molecule has 6 heteroatoms. The minimum Gasteiger partial charge on any atom is -0.497 e. The summed E-state index contributed by atoms with van der Waals surface area (Å²) in [5.41, 5.74) is -0.749. The van der Waals surface area contributed by atoms with Crippen LogP contribution in [-0.4, -0.2) is 23.1 Å². The zero-order valence-corrected chi connectivity index (χ0v) is 9.41. The summed E-state index contributed by atoms with van der Waals surface area (Å²) < 4.78 is 5.01. The largest absolute Gasteiger partial charge is 0.497 e. The van der Waals surface area contributed by atoms with Gasteiger partial charge >= 0.3 is 5.97 Å². The highest BCUT2D eigenvalue weighted by Gasteiger charge is 2.20. The van der Waals surface area contributed by atoms with Gasteiger partial charge in [-0.1, -0.05) is 6.07 Å². The number of hydrogen-bond acceptors (Lipinski definition) is 4. The fraction of sp³-hybridized carbons (Fsp3) is 0.0833. The van der Waals surface area contributed by atoms with Crippen LogP contribution in [0.3, 0.4) is 0 Å². The molecule has 0 fully saturated rings. The smallest absolute Gasteiger partial charge is 0.342 e. The molecule has 0 spiro atoms. The van der Waals surface area contributed by atoms with Crippen molar-refractivity contribution < 1.29 is 19.6 Å². The summed E-state index contributed by atoms with van der Waals surface area (Å²) in [5.74, 6) is -0.765. The highest BCUT2D eigenvalue weighted by molar-refractivity contribution is 5.99. The van der Waals surface area contributed by atoms with Gasteiger partial charge in [0.25, 0.3) is 5.69 Å². The maximum absolute atomic E-state index is 11.0. The first-order valence-corrected chi connectivity index (χ1v) is 5.02. The SMILES string of the molecule is COc1ccc2cc(C(=O)O)c([N+](=O)[O-])cc2c1. The van der Waals surface area contributed by atoms with E-state index in [2.05, 4.69) is 0 Å². The molecule has 2 rings (SSSR count). The Hall–Kier alpha value is -2.63. The lowest BCUT2D eigenvalue weighted by atomic mass is 10.0. The molecule has 0 aliphatic heterocycles. The molecule has 0 atom stereocenters. The molecular weight excluding hydrogens is 238 g/mol. The molecule has 0 aromatic heterocycles. The molecule has 0 saturated carbocycles. The average Bonchev–Trinajstić information content (AvgIpc) is 2.36. The van der Waals surface area contributed by atoms with E-state index >= 15 is 0 Å². The number of benzene rings is 2. The van der Waals surface area contributed by atoms with Gasteiger partial charge in [-0.3, -0.25) is 10.1 Å². The molecule has 18 heavy (non-hydrogen) atoms. The third kappa shape index (κ3) is 1.95. The molecule has 0 amide bonds. The van der Waals surface area contributed by atoms with Crippen LogP contribution in [0, 0.1) is 10.1 Å². The molecule has 2 aromatic rings. The van der Waals surface area contributed by atoms with E-state index in [0.717, 1.165) is 0 Å². The highest BCUT2D eigenvalue weighted by atomic mass is 16.6. The van der Waals surface area contributed by atoms with Crippen molar-refractivity contribution in [1.82, 2.24) is 0 Å². The first-order chi connectivity index (χ1) is 8.52. The number of hydrogen-bond donors (Lipinski definition) is 1. The van der Waals surface area contributed by atoms with Gasteiger partial charge in [0, 0.05) is 6.07 Å². The first kappa shape index (κ1) is 11.8. The van der Waals surface area contributed by atoms with Crippen molar-refractivity contribution in [3.63, 3.8) is 0 Å². The van der Waals surface area contributed by atoms with E-state index in [1.807, 2.05) is 0 Å². The number of ether oxygens (including phenoxy) is 1. The number of nitro benzene ring substituents is 1. The third-order valence-corrected chi connectivity index (χ3v) is 2.59. The molecule has 0 heterocycles. The molecule has 0 aliphatic carbocycles. The van der Waals surface area contributed by atoms with Gasteiger partial charge in [0.15, 0.2) is 0 Å². The van der Waals surface area contributed by atoms with Crippen LogP contribution in [0.5, 0.6) is 5.75 Å². The van der Waals surface area contributed by atoms with Gasteiger partial charge in [0.1, 0.15) is 11.3 Å². The quantitative estimate of drug-likeness (QED) is 0.664. The summed E-state index contributed by atoms with van der Waals surface area (Å²) in [6.45, 7) is 0. The Morgan fingerprint density at radius 1 is 1.28 bits per heavy atom. The van der Waals surface area contributed by atoms with E-state index in [-0.39, 0.29) is 5.56 Å². The van der Waals surface area contributed by atoms with E-state index in [4.69, 9.17) is 9.84 Å². The number of rotatable bonds is 3. The first-order valence-electron chi connectivity index (χ1n) is 5.02. The van der Waals surface area contributed by atoms with Crippen molar-refractivity contribution in [1.29, 1.82) is 0 Å². The second-order valence-electron chi connectivity index (χ2n) is 3.64. The van der Waals surface area contributed by atoms with Crippen molar-refractivity contribution in [3.8, 4) is 5.75 Å². The maximum atomic E-state index is 11.0. The zero-order valence-electron chi connectivity index (χ0n) is 9.41. The molecule has 6 nitrogen and oxygen atoms in total. The monoisotopic (exact) mass is 247 g/mol. The molecular formula is C12H9NO5. The second kappa shape index (κ2) is 4.33. The average molecular weight is 247 g/mol. The molecule has 92 valence electrons. The van der Waals surface area contributed by atoms with Crippen molar-refractivity contribution in [2.75, 3.05) is 7.11 Å². The summed E-state index contributed by atoms with van der Waals surface area (Å²) in [6.07, 6.45) is 0. The summed E-state index contributed by atoms with van der Waals surface area (Å²) in [7, 11) is 1.49. The minimum atomic E-state index is -1.32. The molecule has 0 bridgehead atoms. The van der Waals surface area contributed by atoms with Crippen LogP contribution in [0.25, 0.3) is 10.8 Å². The summed E-state index contributed by atoms with van der Waals surface area (Å²) >= 11 is 0.